The average molecular weight is 413 g/mol. The first kappa shape index (κ1) is 19.8. The van der Waals surface area contributed by atoms with Gasteiger partial charge in [0.1, 0.15) is 5.69 Å². The molecule has 0 aromatic heterocycles. The van der Waals surface area contributed by atoms with Crippen LogP contribution in [0, 0.1) is 27.9 Å². The molecule has 1 aliphatic heterocycles. The van der Waals surface area contributed by atoms with Gasteiger partial charge in [0.25, 0.3) is 5.69 Å². The molecule has 0 radical (unpaired) electrons. The van der Waals surface area contributed by atoms with Gasteiger partial charge >= 0.3 is 0 Å². The molecule has 0 spiro atoms. The molecule has 4 saturated carbocycles. The van der Waals surface area contributed by atoms with Crippen LogP contribution in [-0.2, 0) is 4.79 Å². The number of carbonyl (C=O) groups excluding carboxylic acids is 1. The third-order valence-corrected chi connectivity index (χ3v) is 8.09. The summed E-state index contributed by atoms with van der Waals surface area (Å²) in [5.74, 6) is 2.61. The molecule has 4 bridgehead atoms. The number of carbonyl (C=O) groups is 1. The Morgan fingerprint density at radius 3 is 2.20 bits per heavy atom. The fraction of sp³-hybridized carbons (Fsp3) is 0.696. The molecule has 1 aromatic rings. The normalized spacial score (nSPS) is 34.0. The van der Waals surface area contributed by atoms with E-state index in [1.165, 1.54) is 38.5 Å². The van der Waals surface area contributed by atoms with E-state index >= 15 is 0 Å². The number of nitrogens with zero attached hydrogens (tertiary/aromatic N) is 3. The number of benzene rings is 1. The molecule has 5 aliphatic rings. The van der Waals surface area contributed by atoms with Crippen LogP contribution in [0.5, 0.6) is 0 Å². The van der Waals surface area contributed by atoms with Crippen LogP contribution in [0.1, 0.15) is 45.4 Å². The summed E-state index contributed by atoms with van der Waals surface area (Å²) in [4.78, 5) is 28.5. The van der Waals surface area contributed by atoms with Crippen molar-refractivity contribution in [1.29, 1.82) is 0 Å². The van der Waals surface area contributed by atoms with Crippen LogP contribution in [0.15, 0.2) is 24.3 Å². The molecule has 7 nitrogen and oxygen atoms in total. The van der Waals surface area contributed by atoms with Crippen molar-refractivity contribution in [2.45, 2.75) is 57.0 Å². The second-order valence-electron chi connectivity index (χ2n) is 10.1. The molecule has 30 heavy (non-hydrogen) atoms. The van der Waals surface area contributed by atoms with Gasteiger partial charge in [-0.25, -0.2) is 0 Å². The zero-order valence-electron chi connectivity index (χ0n) is 17.8. The summed E-state index contributed by atoms with van der Waals surface area (Å²) in [5.41, 5.74) is 0.874. The molecule has 1 N–H and O–H groups in total. The summed E-state index contributed by atoms with van der Waals surface area (Å²) in [7, 11) is 0. The predicted molar refractivity (Wildman–Crippen MR) is 115 cm³/mol. The van der Waals surface area contributed by atoms with Gasteiger partial charge in [-0.3, -0.25) is 19.8 Å². The lowest BCUT2D eigenvalue weighted by molar-refractivity contribution is -0.384. The minimum Gasteiger partial charge on any atom is -0.363 e. The van der Waals surface area contributed by atoms with Gasteiger partial charge in [-0.1, -0.05) is 12.1 Å². The number of para-hydroxylation sites is 2. The molecule has 7 heteroatoms. The smallest absolute Gasteiger partial charge is 0.292 e. The SMILES string of the molecule is CC(C(=O)NC12CC3CC(CC(C3)C1)C2)N1CCN(c2ccccc2[N+](=O)[O-])CC1. The van der Waals surface area contributed by atoms with Gasteiger partial charge in [0.05, 0.1) is 11.0 Å². The van der Waals surface area contributed by atoms with Crippen LogP contribution < -0.4 is 10.2 Å². The highest BCUT2D eigenvalue weighted by Gasteiger charge is 2.51. The van der Waals surface area contributed by atoms with E-state index in [-0.39, 0.29) is 28.1 Å². The maximum Gasteiger partial charge on any atom is 0.292 e. The van der Waals surface area contributed by atoms with E-state index in [0.29, 0.717) is 18.8 Å². The summed E-state index contributed by atoms with van der Waals surface area (Å²) in [6, 6.07) is 6.76. The van der Waals surface area contributed by atoms with Crippen LogP contribution >= 0.6 is 0 Å². The monoisotopic (exact) mass is 412 g/mol. The Bertz CT molecular complexity index is 798. The molecule has 1 amide bonds. The van der Waals surface area contributed by atoms with Gasteiger partial charge in [0, 0.05) is 37.8 Å². The Kier molecular flexibility index (Phi) is 4.96. The molecule has 5 fully saturated rings. The summed E-state index contributed by atoms with van der Waals surface area (Å²) in [6.45, 7) is 4.87. The third-order valence-electron chi connectivity index (χ3n) is 8.09. The Balaban J connectivity index is 1.20. The maximum atomic E-state index is 13.2. The van der Waals surface area contributed by atoms with Crippen LogP contribution in [0.4, 0.5) is 11.4 Å². The minimum absolute atomic E-state index is 0.0482. The first-order chi connectivity index (χ1) is 14.4. The number of rotatable bonds is 5. The van der Waals surface area contributed by atoms with Crippen molar-refractivity contribution in [3.63, 3.8) is 0 Å². The van der Waals surface area contributed by atoms with E-state index in [0.717, 1.165) is 30.8 Å². The van der Waals surface area contributed by atoms with E-state index in [1.807, 2.05) is 19.1 Å². The average Bonchev–Trinajstić information content (AvgIpc) is 2.72. The van der Waals surface area contributed by atoms with Crippen molar-refractivity contribution in [3.8, 4) is 0 Å². The van der Waals surface area contributed by atoms with Gasteiger partial charge in [0.2, 0.25) is 5.91 Å². The van der Waals surface area contributed by atoms with E-state index in [2.05, 4.69) is 15.1 Å². The zero-order valence-corrected chi connectivity index (χ0v) is 17.8. The number of piperazine rings is 1. The Hall–Kier alpha value is -2.15. The number of amides is 1. The molecule has 162 valence electrons. The molecule has 1 unspecified atom stereocenters. The summed E-state index contributed by atoms with van der Waals surface area (Å²) >= 11 is 0. The van der Waals surface area contributed by atoms with E-state index < -0.39 is 0 Å². The number of nitro benzene ring substituents is 1. The molecule has 4 aliphatic carbocycles. The van der Waals surface area contributed by atoms with Crippen molar-refractivity contribution in [2.24, 2.45) is 17.8 Å². The minimum atomic E-state index is -0.316. The second-order valence-corrected chi connectivity index (χ2v) is 10.1. The van der Waals surface area contributed by atoms with Crippen LogP contribution in [-0.4, -0.2) is 53.5 Å². The quantitative estimate of drug-likeness (QED) is 0.594. The molecule has 1 atom stereocenters. The standard InChI is InChI=1S/C23H32N4O3/c1-16(22(28)24-23-13-17-10-18(14-23)12-19(11-17)15-23)25-6-8-26(9-7-25)20-4-2-3-5-21(20)27(29)30/h2-5,16-19H,6-15H2,1H3,(H,24,28). The topological polar surface area (TPSA) is 78.7 Å². The lowest BCUT2D eigenvalue weighted by Crippen LogP contribution is -2.63. The van der Waals surface area contributed by atoms with Crippen molar-refractivity contribution in [2.75, 3.05) is 31.1 Å². The van der Waals surface area contributed by atoms with Crippen molar-refractivity contribution < 1.29 is 9.72 Å². The lowest BCUT2D eigenvalue weighted by Gasteiger charge is -2.57. The highest BCUT2D eigenvalue weighted by Crippen LogP contribution is 2.55. The van der Waals surface area contributed by atoms with Crippen LogP contribution in [0.2, 0.25) is 0 Å². The van der Waals surface area contributed by atoms with Crippen molar-refractivity contribution >= 4 is 17.3 Å². The number of hydrogen-bond acceptors (Lipinski definition) is 5. The van der Waals surface area contributed by atoms with Gasteiger partial charge in [-0.05, 0) is 69.3 Å². The maximum absolute atomic E-state index is 13.2. The Labute approximate surface area is 177 Å². The Morgan fingerprint density at radius 2 is 1.63 bits per heavy atom. The second kappa shape index (κ2) is 7.52. The van der Waals surface area contributed by atoms with Crippen LogP contribution in [0.25, 0.3) is 0 Å². The predicted octanol–water partition coefficient (Wildman–Crippen LogP) is 3.19. The first-order valence-corrected chi connectivity index (χ1v) is 11.5. The summed E-state index contributed by atoms with van der Waals surface area (Å²) in [5, 5.41) is 14.8. The van der Waals surface area contributed by atoms with Crippen molar-refractivity contribution in [1.82, 2.24) is 10.2 Å². The third kappa shape index (κ3) is 3.57. The number of anilines is 1. The summed E-state index contributed by atoms with van der Waals surface area (Å²) < 4.78 is 0. The number of nitro groups is 1. The lowest BCUT2D eigenvalue weighted by atomic mass is 9.53. The first-order valence-electron chi connectivity index (χ1n) is 11.5. The van der Waals surface area contributed by atoms with Gasteiger partial charge in [-0.15, -0.1) is 0 Å². The van der Waals surface area contributed by atoms with Gasteiger partial charge < -0.3 is 10.2 Å². The summed E-state index contributed by atoms with van der Waals surface area (Å²) in [6.07, 6.45) is 7.63. The zero-order chi connectivity index (χ0) is 20.9. The van der Waals surface area contributed by atoms with Crippen LogP contribution in [0.3, 0.4) is 0 Å². The molecular formula is C23H32N4O3. The molecule has 6 rings (SSSR count). The van der Waals surface area contributed by atoms with E-state index in [1.54, 1.807) is 12.1 Å². The number of hydrogen-bond donors (Lipinski definition) is 1. The molecule has 1 saturated heterocycles. The Morgan fingerprint density at radius 1 is 1.07 bits per heavy atom. The van der Waals surface area contributed by atoms with Crippen molar-refractivity contribution in [3.05, 3.63) is 34.4 Å². The molecule has 1 aromatic carbocycles. The van der Waals surface area contributed by atoms with Gasteiger partial charge in [0.15, 0.2) is 0 Å². The number of nitrogens with one attached hydrogen (secondary N) is 1. The van der Waals surface area contributed by atoms with E-state index in [9.17, 15) is 14.9 Å². The fourth-order valence-electron chi connectivity index (χ4n) is 7.03. The van der Waals surface area contributed by atoms with Gasteiger partial charge in [-0.2, -0.15) is 0 Å². The fourth-order valence-corrected chi connectivity index (χ4v) is 7.03. The molecular weight excluding hydrogens is 380 g/mol. The largest absolute Gasteiger partial charge is 0.363 e. The highest BCUT2D eigenvalue weighted by atomic mass is 16.6. The highest BCUT2D eigenvalue weighted by molar-refractivity contribution is 5.82. The molecule has 1 heterocycles. The van der Waals surface area contributed by atoms with E-state index in [4.69, 9.17) is 0 Å².